The number of piperidine rings is 1. The van der Waals surface area contributed by atoms with E-state index < -0.39 is 0 Å². The average Bonchev–Trinajstić information content (AvgIpc) is 2.40. The van der Waals surface area contributed by atoms with Crippen LogP contribution in [0.3, 0.4) is 0 Å². The number of pyridine rings is 1. The van der Waals surface area contributed by atoms with Gasteiger partial charge in [-0.2, -0.15) is 5.26 Å². The maximum absolute atomic E-state index is 8.98. The summed E-state index contributed by atoms with van der Waals surface area (Å²) in [5, 5.41) is 8.98. The second kappa shape index (κ2) is 5.23. The van der Waals surface area contributed by atoms with Crippen molar-refractivity contribution in [1.82, 2.24) is 4.98 Å². The molecule has 1 aliphatic rings. The SMILES string of the molecule is COC1CN(c2nccc(C#N)c2N)CCC1C. The number of ether oxygens (including phenoxy) is 1. The Morgan fingerprint density at radius 1 is 1.61 bits per heavy atom. The maximum atomic E-state index is 8.98. The molecule has 0 amide bonds. The van der Waals surface area contributed by atoms with Crippen LogP contribution in [0.25, 0.3) is 0 Å². The molecule has 2 N–H and O–H groups in total. The van der Waals surface area contributed by atoms with E-state index in [1.54, 1.807) is 19.4 Å². The van der Waals surface area contributed by atoms with E-state index in [0.29, 0.717) is 23.0 Å². The highest BCUT2D eigenvalue weighted by atomic mass is 16.5. The van der Waals surface area contributed by atoms with Crippen LogP contribution in [-0.2, 0) is 4.74 Å². The number of hydrogen-bond donors (Lipinski definition) is 1. The molecule has 2 rings (SSSR count). The van der Waals surface area contributed by atoms with E-state index in [0.717, 1.165) is 19.5 Å². The van der Waals surface area contributed by atoms with Gasteiger partial charge in [-0.15, -0.1) is 0 Å². The van der Waals surface area contributed by atoms with Crippen LogP contribution in [0.15, 0.2) is 12.3 Å². The highest BCUT2D eigenvalue weighted by molar-refractivity contribution is 5.70. The number of nitrogens with zero attached hydrogens (tertiary/aromatic N) is 3. The molecule has 0 radical (unpaired) electrons. The maximum Gasteiger partial charge on any atom is 0.153 e. The van der Waals surface area contributed by atoms with Gasteiger partial charge >= 0.3 is 0 Å². The van der Waals surface area contributed by atoms with Gasteiger partial charge in [-0.3, -0.25) is 0 Å². The van der Waals surface area contributed by atoms with Gasteiger partial charge < -0.3 is 15.4 Å². The number of rotatable bonds is 2. The third-order valence-corrected chi connectivity index (χ3v) is 3.58. The molecule has 5 heteroatoms. The Labute approximate surface area is 107 Å². The van der Waals surface area contributed by atoms with Crippen molar-refractivity contribution in [3.63, 3.8) is 0 Å². The van der Waals surface area contributed by atoms with Crippen LogP contribution in [0.1, 0.15) is 18.9 Å². The Morgan fingerprint density at radius 3 is 3.06 bits per heavy atom. The number of nitriles is 1. The molecule has 0 aromatic carbocycles. The molecule has 1 aliphatic heterocycles. The van der Waals surface area contributed by atoms with Crippen LogP contribution < -0.4 is 10.6 Å². The van der Waals surface area contributed by atoms with Gasteiger partial charge in [0.1, 0.15) is 6.07 Å². The smallest absolute Gasteiger partial charge is 0.153 e. The number of aromatic nitrogens is 1. The second-order valence-corrected chi connectivity index (χ2v) is 4.69. The van der Waals surface area contributed by atoms with E-state index >= 15 is 0 Å². The lowest BCUT2D eigenvalue weighted by Crippen LogP contribution is -2.44. The minimum Gasteiger partial charge on any atom is -0.395 e. The predicted molar refractivity (Wildman–Crippen MR) is 70.2 cm³/mol. The first-order valence-electron chi connectivity index (χ1n) is 6.09. The Kier molecular flexibility index (Phi) is 3.68. The molecule has 0 bridgehead atoms. The van der Waals surface area contributed by atoms with Crippen molar-refractivity contribution in [2.45, 2.75) is 19.4 Å². The third-order valence-electron chi connectivity index (χ3n) is 3.58. The largest absolute Gasteiger partial charge is 0.395 e. The summed E-state index contributed by atoms with van der Waals surface area (Å²) >= 11 is 0. The number of hydrogen-bond acceptors (Lipinski definition) is 5. The van der Waals surface area contributed by atoms with Gasteiger partial charge in [0, 0.05) is 26.4 Å². The molecular weight excluding hydrogens is 228 g/mol. The lowest BCUT2D eigenvalue weighted by Gasteiger charge is -2.37. The van der Waals surface area contributed by atoms with E-state index in [-0.39, 0.29) is 6.10 Å². The van der Waals surface area contributed by atoms with Gasteiger partial charge in [0.2, 0.25) is 0 Å². The summed E-state index contributed by atoms with van der Waals surface area (Å²) in [4.78, 5) is 6.40. The number of nitrogen functional groups attached to an aromatic ring is 1. The van der Waals surface area contributed by atoms with Crippen LogP contribution in [-0.4, -0.2) is 31.3 Å². The molecule has 5 nitrogen and oxygen atoms in total. The topological polar surface area (TPSA) is 75.2 Å². The monoisotopic (exact) mass is 246 g/mol. The third kappa shape index (κ3) is 2.24. The van der Waals surface area contributed by atoms with Crippen LogP contribution in [0.5, 0.6) is 0 Å². The zero-order valence-electron chi connectivity index (χ0n) is 10.8. The molecular formula is C13H18N4O. The van der Waals surface area contributed by atoms with Crippen molar-refractivity contribution in [2.24, 2.45) is 5.92 Å². The minimum absolute atomic E-state index is 0.186. The fourth-order valence-corrected chi connectivity index (χ4v) is 2.34. The van der Waals surface area contributed by atoms with Gasteiger partial charge in [-0.1, -0.05) is 6.92 Å². The van der Waals surface area contributed by atoms with Gasteiger partial charge in [0.05, 0.1) is 17.4 Å². The Balaban J connectivity index is 2.25. The van der Waals surface area contributed by atoms with Crippen LogP contribution in [0, 0.1) is 17.2 Å². The fraction of sp³-hybridized carbons (Fsp3) is 0.538. The lowest BCUT2D eigenvalue weighted by molar-refractivity contribution is 0.0497. The van der Waals surface area contributed by atoms with E-state index in [2.05, 4.69) is 22.9 Å². The van der Waals surface area contributed by atoms with Crippen molar-refractivity contribution in [1.29, 1.82) is 5.26 Å². The highest BCUT2D eigenvalue weighted by Crippen LogP contribution is 2.28. The van der Waals surface area contributed by atoms with Crippen molar-refractivity contribution < 1.29 is 4.74 Å². The average molecular weight is 246 g/mol. The molecule has 96 valence electrons. The van der Waals surface area contributed by atoms with E-state index in [4.69, 9.17) is 15.7 Å². The highest BCUT2D eigenvalue weighted by Gasteiger charge is 2.28. The second-order valence-electron chi connectivity index (χ2n) is 4.69. The molecule has 2 atom stereocenters. The molecule has 1 saturated heterocycles. The first-order valence-corrected chi connectivity index (χ1v) is 6.09. The van der Waals surface area contributed by atoms with E-state index in [1.807, 2.05) is 0 Å². The minimum atomic E-state index is 0.186. The molecule has 1 aromatic heterocycles. The zero-order valence-corrected chi connectivity index (χ0v) is 10.8. The number of anilines is 2. The van der Waals surface area contributed by atoms with E-state index in [1.165, 1.54) is 0 Å². The molecule has 0 aliphatic carbocycles. The molecule has 2 unspecified atom stereocenters. The van der Waals surface area contributed by atoms with Crippen LogP contribution in [0.2, 0.25) is 0 Å². The van der Waals surface area contributed by atoms with Gasteiger partial charge in [-0.05, 0) is 18.4 Å². The Bertz CT molecular complexity index is 469. The number of nitrogens with two attached hydrogens (primary N) is 1. The summed E-state index contributed by atoms with van der Waals surface area (Å²) in [5.41, 5.74) is 6.92. The fourth-order valence-electron chi connectivity index (χ4n) is 2.34. The Morgan fingerprint density at radius 2 is 2.39 bits per heavy atom. The van der Waals surface area contributed by atoms with Crippen molar-refractivity contribution in [2.75, 3.05) is 30.8 Å². The van der Waals surface area contributed by atoms with Crippen molar-refractivity contribution >= 4 is 11.5 Å². The molecule has 2 heterocycles. The van der Waals surface area contributed by atoms with Crippen molar-refractivity contribution in [3.05, 3.63) is 17.8 Å². The van der Waals surface area contributed by atoms with Gasteiger partial charge in [0.25, 0.3) is 0 Å². The summed E-state index contributed by atoms with van der Waals surface area (Å²) in [6.07, 6.45) is 2.85. The Hall–Kier alpha value is -1.80. The standard InChI is InChI=1S/C13H18N4O/c1-9-4-6-17(8-11(9)18-2)13-12(15)10(7-14)3-5-16-13/h3,5,9,11H,4,6,8,15H2,1-2H3. The normalized spacial score (nSPS) is 23.7. The summed E-state index contributed by atoms with van der Waals surface area (Å²) in [6, 6.07) is 3.72. The van der Waals surface area contributed by atoms with Gasteiger partial charge in [-0.25, -0.2) is 4.98 Å². The zero-order chi connectivity index (χ0) is 13.1. The quantitative estimate of drug-likeness (QED) is 0.853. The van der Waals surface area contributed by atoms with Crippen LogP contribution >= 0.6 is 0 Å². The number of methoxy groups -OCH3 is 1. The lowest BCUT2D eigenvalue weighted by atomic mass is 9.95. The predicted octanol–water partition coefficient (Wildman–Crippen LogP) is 1.40. The molecule has 1 aromatic rings. The van der Waals surface area contributed by atoms with Crippen molar-refractivity contribution in [3.8, 4) is 6.07 Å². The molecule has 1 fully saturated rings. The summed E-state index contributed by atoms with van der Waals surface area (Å²) in [5.74, 6) is 1.23. The molecule has 0 spiro atoms. The van der Waals surface area contributed by atoms with Crippen LogP contribution in [0.4, 0.5) is 11.5 Å². The molecule has 18 heavy (non-hydrogen) atoms. The summed E-state index contributed by atoms with van der Waals surface area (Å²) < 4.78 is 5.48. The van der Waals surface area contributed by atoms with E-state index in [9.17, 15) is 0 Å². The van der Waals surface area contributed by atoms with Gasteiger partial charge in [0.15, 0.2) is 5.82 Å². The molecule has 0 saturated carbocycles. The first-order chi connectivity index (χ1) is 8.67. The first kappa shape index (κ1) is 12.7. The summed E-state index contributed by atoms with van der Waals surface area (Å²) in [7, 11) is 1.73. The summed E-state index contributed by atoms with van der Waals surface area (Å²) in [6.45, 7) is 3.85.